The van der Waals surface area contributed by atoms with Gasteiger partial charge in [-0.15, -0.1) is 11.3 Å². The van der Waals surface area contributed by atoms with Crippen molar-refractivity contribution in [2.24, 2.45) is 11.8 Å². The Hall–Kier alpha value is -1.44. The number of piperidine rings is 2. The van der Waals surface area contributed by atoms with Gasteiger partial charge in [0.1, 0.15) is 0 Å². The van der Waals surface area contributed by atoms with E-state index < -0.39 is 0 Å². The summed E-state index contributed by atoms with van der Waals surface area (Å²) in [7, 11) is 0. The van der Waals surface area contributed by atoms with Gasteiger partial charge in [-0.3, -0.25) is 9.59 Å². The summed E-state index contributed by atoms with van der Waals surface area (Å²) < 4.78 is 11.2. The second kappa shape index (κ2) is 8.06. The quantitative estimate of drug-likeness (QED) is 0.809. The third-order valence-electron chi connectivity index (χ3n) is 5.67. The Bertz CT molecular complexity index is 621. The number of ether oxygens (including phenoxy) is 2. The van der Waals surface area contributed by atoms with Crippen LogP contribution >= 0.6 is 11.3 Å². The first-order valence-electron chi connectivity index (χ1n) is 9.57. The molecule has 4 rings (SSSR count). The largest absolute Gasteiger partial charge is 0.350 e. The lowest BCUT2D eigenvalue weighted by Crippen LogP contribution is -2.49. The average Bonchev–Trinajstić information content (AvgIpc) is 3.41. The summed E-state index contributed by atoms with van der Waals surface area (Å²) in [5.74, 6) is 0.597. The van der Waals surface area contributed by atoms with Crippen molar-refractivity contribution in [3.63, 3.8) is 0 Å². The van der Waals surface area contributed by atoms with Gasteiger partial charge in [0, 0.05) is 32.1 Å². The highest BCUT2D eigenvalue weighted by Gasteiger charge is 2.36. The normalized spacial score (nSPS) is 25.6. The van der Waals surface area contributed by atoms with Gasteiger partial charge in [-0.2, -0.15) is 0 Å². The summed E-state index contributed by atoms with van der Waals surface area (Å²) in [4.78, 5) is 30.1. The highest BCUT2D eigenvalue weighted by Crippen LogP contribution is 2.28. The number of nitrogens with zero attached hydrogens (tertiary/aromatic N) is 2. The number of amides is 2. The topological polar surface area (TPSA) is 59.1 Å². The number of hydrogen-bond acceptors (Lipinski definition) is 5. The van der Waals surface area contributed by atoms with Gasteiger partial charge in [0.25, 0.3) is 5.91 Å². The van der Waals surface area contributed by atoms with E-state index in [2.05, 4.69) is 0 Å². The van der Waals surface area contributed by atoms with E-state index >= 15 is 0 Å². The van der Waals surface area contributed by atoms with E-state index in [-0.39, 0.29) is 24.0 Å². The van der Waals surface area contributed by atoms with Crippen molar-refractivity contribution in [2.75, 3.05) is 39.4 Å². The van der Waals surface area contributed by atoms with Crippen molar-refractivity contribution < 1.29 is 19.1 Å². The standard InChI is InChI=1S/C19H26N2O4S/c22-17(20-8-5-14(6-9-20)19-24-10-11-25-19)15-3-1-7-21(13-15)18(23)16-4-2-12-26-16/h2,4,12,14-15,19H,1,3,5-11,13H2. The van der Waals surface area contributed by atoms with E-state index in [0.717, 1.165) is 50.2 Å². The van der Waals surface area contributed by atoms with Gasteiger partial charge in [0.15, 0.2) is 6.29 Å². The molecule has 4 heterocycles. The molecule has 3 fully saturated rings. The number of hydrogen-bond donors (Lipinski definition) is 0. The lowest BCUT2D eigenvalue weighted by molar-refractivity contribution is -0.142. The molecule has 0 spiro atoms. The number of thiophene rings is 1. The van der Waals surface area contributed by atoms with Crippen LogP contribution in [0.25, 0.3) is 0 Å². The highest BCUT2D eigenvalue weighted by atomic mass is 32.1. The van der Waals surface area contributed by atoms with Crippen LogP contribution in [0.1, 0.15) is 35.4 Å². The average molecular weight is 378 g/mol. The zero-order valence-corrected chi connectivity index (χ0v) is 15.8. The van der Waals surface area contributed by atoms with Gasteiger partial charge in [-0.1, -0.05) is 6.07 Å². The molecule has 1 aromatic heterocycles. The second-order valence-electron chi connectivity index (χ2n) is 7.34. The molecule has 3 aliphatic rings. The minimum absolute atomic E-state index is 0.0618. The van der Waals surface area contributed by atoms with Gasteiger partial charge < -0.3 is 19.3 Å². The summed E-state index contributed by atoms with van der Waals surface area (Å²) in [6.07, 6.45) is 3.55. The predicted molar refractivity (Wildman–Crippen MR) is 97.9 cm³/mol. The molecule has 1 atom stereocenters. The summed E-state index contributed by atoms with van der Waals surface area (Å²) >= 11 is 1.46. The molecule has 142 valence electrons. The van der Waals surface area contributed by atoms with E-state index in [1.54, 1.807) is 0 Å². The Morgan fingerprint density at radius 1 is 1.04 bits per heavy atom. The van der Waals surface area contributed by atoms with Crippen LogP contribution in [-0.4, -0.2) is 67.3 Å². The summed E-state index contributed by atoms with van der Waals surface area (Å²) in [5, 5.41) is 1.92. The van der Waals surface area contributed by atoms with E-state index in [0.29, 0.717) is 25.7 Å². The third-order valence-corrected chi connectivity index (χ3v) is 6.53. The van der Waals surface area contributed by atoms with Crippen LogP contribution in [0.3, 0.4) is 0 Å². The first-order chi connectivity index (χ1) is 12.7. The maximum Gasteiger partial charge on any atom is 0.263 e. The zero-order valence-electron chi connectivity index (χ0n) is 15.0. The van der Waals surface area contributed by atoms with Gasteiger partial charge in [-0.05, 0) is 37.1 Å². The van der Waals surface area contributed by atoms with Gasteiger partial charge >= 0.3 is 0 Å². The number of likely N-dealkylation sites (tertiary alicyclic amines) is 2. The van der Waals surface area contributed by atoms with Crippen molar-refractivity contribution in [3.8, 4) is 0 Å². The Balaban J connectivity index is 1.31. The summed E-state index contributed by atoms with van der Waals surface area (Å²) in [5.41, 5.74) is 0. The summed E-state index contributed by atoms with van der Waals surface area (Å²) in [6, 6.07) is 3.75. The third kappa shape index (κ3) is 3.80. The maximum atomic E-state index is 13.0. The molecule has 1 aromatic rings. The maximum absolute atomic E-state index is 13.0. The van der Waals surface area contributed by atoms with Crippen LogP contribution in [0.5, 0.6) is 0 Å². The highest BCUT2D eigenvalue weighted by molar-refractivity contribution is 7.12. The first kappa shape index (κ1) is 17.9. The first-order valence-corrected chi connectivity index (χ1v) is 10.4. The van der Waals surface area contributed by atoms with Crippen molar-refractivity contribution >= 4 is 23.2 Å². The van der Waals surface area contributed by atoms with Gasteiger partial charge in [0.2, 0.25) is 5.91 Å². The van der Waals surface area contributed by atoms with Crippen molar-refractivity contribution in [2.45, 2.75) is 32.0 Å². The monoisotopic (exact) mass is 378 g/mol. The molecule has 7 heteroatoms. The van der Waals surface area contributed by atoms with E-state index in [1.165, 1.54) is 11.3 Å². The Labute approximate surface area is 158 Å². The summed E-state index contributed by atoms with van der Waals surface area (Å²) in [6.45, 7) is 4.19. The second-order valence-corrected chi connectivity index (χ2v) is 8.29. The molecule has 6 nitrogen and oxygen atoms in total. The van der Waals surface area contributed by atoms with Crippen LogP contribution in [0.4, 0.5) is 0 Å². The van der Waals surface area contributed by atoms with Crippen LogP contribution in [0.15, 0.2) is 17.5 Å². The molecule has 0 saturated carbocycles. The predicted octanol–water partition coefficient (Wildman–Crippen LogP) is 2.21. The van der Waals surface area contributed by atoms with E-state index in [9.17, 15) is 9.59 Å². The van der Waals surface area contributed by atoms with Crippen molar-refractivity contribution in [3.05, 3.63) is 22.4 Å². The fourth-order valence-corrected chi connectivity index (χ4v) is 4.91. The fraction of sp³-hybridized carbons (Fsp3) is 0.684. The lowest BCUT2D eigenvalue weighted by Gasteiger charge is -2.38. The zero-order chi connectivity index (χ0) is 17.9. The van der Waals surface area contributed by atoms with Gasteiger partial charge in [-0.25, -0.2) is 0 Å². The van der Waals surface area contributed by atoms with Gasteiger partial charge in [0.05, 0.1) is 24.0 Å². The minimum atomic E-state index is -0.0826. The smallest absolute Gasteiger partial charge is 0.263 e. The SMILES string of the molecule is O=C(c1cccs1)N1CCCC(C(=O)N2CCC(C3OCCO3)CC2)C1. The number of carbonyl (C=O) groups excluding carboxylic acids is 2. The molecule has 0 radical (unpaired) electrons. The van der Waals surface area contributed by atoms with Crippen LogP contribution in [-0.2, 0) is 14.3 Å². The molecular formula is C19H26N2O4S. The molecule has 0 bridgehead atoms. The van der Waals surface area contributed by atoms with Crippen molar-refractivity contribution in [1.29, 1.82) is 0 Å². The van der Waals surface area contributed by atoms with Crippen molar-refractivity contribution in [1.82, 2.24) is 9.80 Å². The minimum Gasteiger partial charge on any atom is -0.350 e. The van der Waals surface area contributed by atoms with E-state index in [4.69, 9.17) is 9.47 Å². The van der Waals surface area contributed by atoms with Crippen LogP contribution in [0, 0.1) is 11.8 Å². The molecule has 3 aliphatic heterocycles. The molecule has 2 amide bonds. The fourth-order valence-electron chi connectivity index (χ4n) is 4.22. The number of carbonyl (C=O) groups is 2. The number of rotatable bonds is 3. The molecule has 0 aromatic carbocycles. The molecule has 0 N–H and O–H groups in total. The Kier molecular flexibility index (Phi) is 5.57. The molecule has 0 aliphatic carbocycles. The Morgan fingerprint density at radius 2 is 1.81 bits per heavy atom. The van der Waals surface area contributed by atoms with Crippen LogP contribution in [0.2, 0.25) is 0 Å². The van der Waals surface area contributed by atoms with E-state index in [1.807, 2.05) is 27.3 Å². The molecule has 3 saturated heterocycles. The molecule has 26 heavy (non-hydrogen) atoms. The molecule has 1 unspecified atom stereocenters. The molecular weight excluding hydrogens is 352 g/mol. The van der Waals surface area contributed by atoms with Crippen LogP contribution < -0.4 is 0 Å². The Morgan fingerprint density at radius 3 is 2.50 bits per heavy atom. The lowest BCUT2D eigenvalue weighted by atomic mass is 9.92.